The number of carbonyl (C=O) groups is 4. The van der Waals surface area contributed by atoms with Gasteiger partial charge in [-0.05, 0) is 16.7 Å². The van der Waals surface area contributed by atoms with Crippen LogP contribution in [-0.4, -0.2) is 52.8 Å². The number of amides is 2. The van der Waals surface area contributed by atoms with Crippen molar-refractivity contribution in [3.63, 3.8) is 0 Å². The lowest BCUT2D eigenvalue weighted by atomic mass is 10.0. The Kier molecular flexibility index (Phi) is 11.0. The minimum atomic E-state index is -1.20. The predicted octanol–water partition coefficient (Wildman–Crippen LogP) is 3.81. The third kappa shape index (κ3) is 9.56. The second-order valence-corrected chi connectivity index (χ2v) is 9.55. The molecule has 0 saturated carbocycles. The van der Waals surface area contributed by atoms with E-state index in [1.54, 1.807) is 12.1 Å². The number of nitrogens with one attached hydrogen (secondary N) is 2. The summed E-state index contributed by atoms with van der Waals surface area (Å²) in [5, 5.41) is 5.23. The highest BCUT2D eigenvalue weighted by atomic mass is 16.6. The maximum absolute atomic E-state index is 13.5. The summed E-state index contributed by atoms with van der Waals surface area (Å²) in [6, 6.07) is 25.2. The molecule has 4 rings (SSSR count). The van der Waals surface area contributed by atoms with Crippen LogP contribution in [0.25, 0.3) is 0 Å². The largest absolute Gasteiger partial charge is 0.467 e. The fraction of sp³-hybridized carbons (Fsp3) is 0.219. The Labute approximate surface area is 248 Å². The molecule has 2 N–H and O–H groups in total. The summed E-state index contributed by atoms with van der Waals surface area (Å²) in [6.07, 6.45) is 1.23. The Morgan fingerprint density at radius 3 is 1.86 bits per heavy atom. The van der Waals surface area contributed by atoms with E-state index in [1.165, 1.54) is 19.6 Å². The topological polar surface area (TPSA) is 138 Å². The third-order valence-corrected chi connectivity index (χ3v) is 6.37. The Morgan fingerprint density at radius 2 is 1.28 bits per heavy atom. The first-order valence-electron chi connectivity index (χ1n) is 13.5. The lowest BCUT2D eigenvalue weighted by Gasteiger charge is -2.22. The van der Waals surface area contributed by atoms with E-state index in [4.69, 9.17) is 14.2 Å². The molecule has 0 unspecified atom stereocenters. The van der Waals surface area contributed by atoms with Gasteiger partial charge in [-0.1, -0.05) is 91.0 Å². The summed E-state index contributed by atoms with van der Waals surface area (Å²) < 4.78 is 16.7. The number of ether oxygens (including phenoxy) is 3. The molecule has 0 aliphatic heterocycles. The van der Waals surface area contributed by atoms with E-state index in [-0.39, 0.29) is 26.1 Å². The maximum atomic E-state index is 13.5. The summed E-state index contributed by atoms with van der Waals surface area (Å²) in [6.45, 7) is 0.0606. The molecule has 0 aliphatic rings. The number of esters is 1. The summed E-state index contributed by atoms with van der Waals surface area (Å²) >= 11 is 0. The second-order valence-electron chi connectivity index (χ2n) is 9.55. The Morgan fingerprint density at radius 1 is 0.721 bits per heavy atom. The van der Waals surface area contributed by atoms with Gasteiger partial charge in [-0.2, -0.15) is 0 Å². The number of alkyl carbamates (subject to hydrolysis) is 1. The summed E-state index contributed by atoms with van der Waals surface area (Å²) in [4.78, 5) is 55.5. The number of hydrogen-bond donors (Lipinski definition) is 2. The first-order valence-corrected chi connectivity index (χ1v) is 13.5. The number of aromatic nitrogens is 2. The molecule has 0 saturated heterocycles. The zero-order valence-corrected chi connectivity index (χ0v) is 23.6. The van der Waals surface area contributed by atoms with E-state index >= 15 is 0 Å². The molecule has 11 heteroatoms. The van der Waals surface area contributed by atoms with Crippen LogP contribution in [0.2, 0.25) is 0 Å². The molecule has 0 fully saturated rings. The highest BCUT2D eigenvalue weighted by molar-refractivity contribution is 5.90. The van der Waals surface area contributed by atoms with Crippen LogP contribution in [-0.2, 0) is 49.9 Å². The molecule has 2 atom stereocenters. The molecule has 222 valence electrons. The number of hydrogen-bond acceptors (Lipinski definition) is 8. The van der Waals surface area contributed by atoms with Crippen molar-refractivity contribution in [1.29, 1.82) is 0 Å². The number of nitrogens with zero attached hydrogens (tertiary/aromatic N) is 2. The molecule has 43 heavy (non-hydrogen) atoms. The molecule has 4 aromatic rings. The first-order chi connectivity index (χ1) is 20.9. The van der Waals surface area contributed by atoms with Crippen molar-refractivity contribution in [3.05, 3.63) is 126 Å². The molecule has 1 aromatic heterocycles. The Bertz CT molecular complexity index is 1490. The monoisotopic (exact) mass is 584 g/mol. The normalized spacial score (nSPS) is 11.9. The Hall–Kier alpha value is -5.45. The molecule has 2 amide bonds. The number of benzene rings is 3. The number of imidazole rings is 1. The highest BCUT2D eigenvalue weighted by Crippen LogP contribution is 2.09. The van der Waals surface area contributed by atoms with Crippen molar-refractivity contribution in [1.82, 2.24) is 20.2 Å². The smallest absolute Gasteiger partial charge is 0.419 e. The summed E-state index contributed by atoms with van der Waals surface area (Å²) in [5.74, 6) is -1.31. The molecule has 11 nitrogen and oxygen atoms in total. The van der Waals surface area contributed by atoms with Crippen molar-refractivity contribution in [2.24, 2.45) is 0 Å². The van der Waals surface area contributed by atoms with Gasteiger partial charge in [0, 0.05) is 19.0 Å². The van der Waals surface area contributed by atoms with Crippen molar-refractivity contribution in [2.45, 2.75) is 38.1 Å². The van der Waals surface area contributed by atoms with Gasteiger partial charge in [0.1, 0.15) is 31.6 Å². The summed E-state index contributed by atoms with van der Waals surface area (Å²) in [5.41, 5.74) is 2.71. The lowest BCUT2D eigenvalue weighted by Crippen LogP contribution is -2.53. The first kappa shape index (κ1) is 30.5. The summed E-state index contributed by atoms with van der Waals surface area (Å²) in [7, 11) is 1.23. The minimum absolute atomic E-state index is 0.0122. The molecule has 1 heterocycles. The van der Waals surface area contributed by atoms with E-state index in [0.29, 0.717) is 5.69 Å². The van der Waals surface area contributed by atoms with Crippen LogP contribution >= 0.6 is 0 Å². The molecule has 0 aliphatic carbocycles. The zero-order valence-electron chi connectivity index (χ0n) is 23.6. The van der Waals surface area contributed by atoms with Crippen LogP contribution in [0.15, 0.2) is 104 Å². The van der Waals surface area contributed by atoms with Crippen LogP contribution in [0.5, 0.6) is 0 Å². The fourth-order valence-corrected chi connectivity index (χ4v) is 4.15. The van der Waals surface area contributed by atoms with Crippen molar-refractivity contribution in [3.8, 4) is 0 Å². The van der Waals surface area contributed by atoms with Gasteiger partial charge in [-0.15, -0.1) is 0 Å². The van der Waals surface area contributed by atoms with Crippen LogP contribution in [0.3, 0.4) is 0 Å². The van der Waals surface area contributed by atoms with Gasteiger partial charge in [-0.25, -0.2) is 23.9 Å². The van der Waals surface area contributed by atoms with Gasteiger partial charge in [0.05, 0.1) is 12.8 Å². The van der Waals surface area contributed by atoms with E-state index in [1.807, 2.05) is 78.9 Å². The van der Waals surface area contributed by atoms with E-state index < -0.39 is 36.1 Å². The van der Waals surface area contributed by atoms with E-state index in [2.05, 4.69) is 15.6 Å². The van der Waals surface area contributed by atoms with Gasteiger partial charge < -0.3 is 24.8 Å². The SMILES string of the molecule is COC(=O)[C@H](Cc1ccccc1)NC(=O)[C@H](Cc1cn(C(=O)OCc2ccccc2)cn1)NC(=O)OCc1ccccc1. The maximum Gasteiger partial charge on any atom is 0.419 e. The lowest BCUT2D eigenvalue weighted by molar-refractivity contribution is -0.145. The second kappa shape index (κ2) is 15.5. The quantitative estimate of drug-likeness (QED) is 0.189. The average molecular weight is 585 g/mol. The zero-order chi connectivity index (χ0) is 30.4. The number of carbonyl (C=O) groups excluding carboxylic acids is 4. The van der Waals surface area contributed by atoms with Crippen molar-refractivity contribution >= 4 is 24.1 Å². The third-order valence-electron chi connectivity index (χ3n) is 6.37. The van der Waals surface area contributed by atoms with E-state index in [0.717, 1.165) is 21.3 Å². The molecule has 0 bridgehead atoms. The molecule has 0 spiro atoms. The van der Waals surface area contributed by atoms with Gasteiger partial charge in [0.15, 0.2) is 0 Å². The van der Waals surface area contributed by atoms with Crippen molar-refractivity contribution in [2.75, 3.05) is 7.11 Å². The van der Waals surface area contributed by atoms with Gasteiger partial charge in [0.25, 0.3) is 0 Å². The molecule has 0 radical (unpaired) electrons. The van der Waals surface area contributed by atoms with Gasteiger partial charge in [0.2, 0.25) is 5.91 Å². The highest BCUT2D eigenvalue weighted by Gasteiger charge is 2.29. The van der Waals surface area contributed by atoms with Gasteiger partial charge in [-0.3, -0.25) is 4.79 Å². The van der Waals surface area contributed by atoms with Crippen LogP contribution < -0.4 is 10.6 Å². The number of rotatable bonds is 12. The minimum Gasteiger partial charge on any atom is -0.467 e. The van der Waals surface area contributed by atoms with Gasteiger partial charge >= 0.3 is 18.2 Å². The number of methoxy groups -OCH3 is 1. The van der Waals surface area contributed by atoms with Crippen LogP contribution in [0.4, 0.5) is 9.59 Å². The predicted molar refractivity (Wildman–Crippen MR) is 156 cm³/mol. The van der Waals surface area contributed by atoms with Crippen molar-refractivity contribution < 1.29 is 33.4 Å². The Balaban J connectivity index is 1.45. The average Bonchev–Trinajstić information content (AvgIpc) is 3.52. The molecular weight excluding hydrogens is 552 g/mol. The van der Waals surface area contributed by atoms with Crippen LogP contribution in [0, 0.1) is 0 Å². The fourth-order valence-electron chi connectivity index (χ4n) is 4.15. The molecular formula is C32H32N4O7. The van der Waals surface area contributed by atoms with Crippen LogP contribution in [0.1, 0.15) is 22.4 Å². The van der Waals surface area contributed by atoms with E-state index in [9.17, 15) is 19.2 Å². The molecule has 3 aromatic carbocycles. The standard InChI is InChI=1S/C32H32N4O7/c1-41-30(38)28(17-23-11-5-2-6-12-23)34-29(37)27(35-31(39)42-20-24-13-7-3-8-14-24)18-26-19-36(22-33-26)32(40)43-21-25-15-9-4-10-16-25/h2-16,19,22,27-28H,17-18,20-21H2,1H3,(H,34,37)(H,35,39)/t27-,28-/m0/s1.